The van der Waals surface area contributed by atoms with E-state index in [9.17, 15) is 35.8 Å². The third-order valence-corrected chi connectivity index (χ3v) is 6.66. The molecule has 0 amide bonds. The van der Waals surface area contributed by atoms with Crippen LogP contribution in [0.2, 0.25) is 0 Å². The van der Waals surface area contributed by atoms with Gasteiger partial charge in [0.2, 0.25) is 5.72 Å². The minimum absolute atomic E-state index is 0.110. The Morgan fingerprint density at radius 2 is 1.62 bits per heavy atom. The van der Waals surface area contributed by atoms with Gasteiger partial charge in [-0.05, 0) is 56.2 Å². The van der Waals surface area contributed by atoms with Crippen molar-refractivity contribution >= 4 is 0 Å². The standard InChI is InChI=1S/C23H30F7NO3/c1-14(15-6-4-11-19(12-15)34-22(26,27)20(24)25)21(32,23(28,29)30)31-16-7-5-10-18(13-16)33-17-8-2-3-9-17/h4,6,11-12,14,16-18,20,31-32H,2-3,5,7-10,13H2,1H3. The number of rotatable bonds is 9. The van der Waals surface area contributed by atoms with E-state index in [1.165, 1.54) is 6.07 Å². The van der Waals surface area contributed by atoms with Crippen LogP contribution in [0.3, 0.4) is 0 Å². The molecule has 2 aliphatic carbocycles. The Balaban J connectivity index is 1.76. The van der Waals surface area contributed by atoms with E-state index >= 15 is 0 Å². The molecule has 194 valence electrons. The highest BCUT2D eigenvalue weighted by Gasteiger charge is 2.58. The second kappa shape index (κ2) is 10.6. The molecule has 2 aliphatic rings. The Morgan fingerprint density at radius 1 is 0.971 bits per heavy atom. The average Bonchev–Trinajstić information content (AvgIpc) is 3.25. The van der Waals surface area contributed by atoms with Gasteiger partial charge in [0, 0.05) is 12.0 Å². The molecule has 11 heteroatoms. The lowest BCUT2D eigenvalue weighted by Gasteiger charge is -2.42. The smallest absolute Gasteiger partial charge is 0.428 e. The first kappa shape index (κ1) is 27.0. The Labute approximate surface area is 193 Å². The van der Waals surface area contributed by atoms with E-state index in [0.29, 0.717) is 19.3 Å². The lowest BCUT2D eigenvalue weighted by Crippen LogP contribution is -2.63. The molecule has 3 rings (SSSR count). The summed E-state index contributed by atoms with van der Waals surface area (Å²) in [6.45, 7) is 1.08. The van der Waals surface area contributed by atoms with E-state index in [1.54, 1.807) is 0 Å². The summed E-state index contributed by atoms with van der Waals surface area (Å²) in [5.41, 5.74) is -3.60. The maximum atomic E-state index is 14.1. The zero-order chi connectivity index (χ0) is 25.1. The molecule has 0 spiro atoms. The highest BCUT2D eigenvalue weighted by Crippen LogP contribution is 2.42. The molecule has 2 fully saturated rings. The van der Waals surface area contributed by atoms with Crippen molar-refractivity contribution in [2.45, 2.75) is 107 Å². The monoisotopic (exact) mass is 501 g/mol. The van der Waals surface area contributed by atoms with Gasteiger partial charge in [-0.1, -0.05) is 31.9 Å². The number of hydrogen-bond acceptors (Lipinski definition) is 4. The lowest BCUT2D eigenvalue weighted by atomic mass is 9.86. The largest absolute Gasteiger partial charge is 0.461 e. The fourth-order valence-corrected chi connectivity index (χ4v) is 4.75. The first-order valence-corrected chi connectivity index (χ1v) is 11.5. The van der Waals surface area contributed by atoms with Gasteiger partial charge in [0.15, 0.2) is 0 Å². The Kier molecular flexibility index (Phi) is 8.40. The van der Waals surface area contributed by atoms with Crippen LogP contribution < -0.4 is 10.1 Å². The van der Waals surface area contributed by atoms with Crippen LogP contribution in [0.1, 0.15) is 69.8 Å². The van der Waals surface area contributed by atoms with Crippen LogP contribution in [0.4, 0.5) is 30.7 Å². The van der Waals surface area contributed by atoms with Crippen molar-refractivity contribution in [1.82, 2.24) is 5.32 Å². The van der Waals surface area contributed by atoms with E-state index < -0.39 is 42.1 Å². The van der Waals surface area contributed by atoms with Crippen LogP contribution in [0.25, 0.3) is 0 Å². The van der Waals surface area contributed by atoms with Crippen molar-refractivity contribution in [3.63, 3.8) is 0 Å². The molecule has 0 saturated heterocycles. The summed E-state index contributed by atoms with van der Waals surface area (Å²) in [6, 6.07) is 3.33. The Hall–Kier alpha value is -1.59. The molecule has 0 aromatic heterocycles. The van der Waals surface area contributed by atoms with Gasteiger partial charge in [-0.3, -0.25) is 5.32 Å². The summed E-state index contributed by atoms with van der Waals surface area (Å²) in [5.74, 6) is -2.39. The van der Waals surface area contributed by atoms with Crippen LogP contribution in [-0.2, 0) is 4.74 Å². The molecule has 0 aliphatic heterocycles. The van der Waals surface area contributed by atoms with Crippen LogP contribution in [0.15, 0.2) is 24.3 Å². The number of hydrogen-bond donors (Lipinski definition) is 2. The van der Waals surface area contributed by atoms with E-state index in [1.807, 2.05) is 0 Å². The van der Waals surface area contributed by atoms with E-state index in [-0.39, 0.29) is 17.8 Å². The molecule has 0 bridgehead atoms. The van der Waals surface area contributed by atoms with Crippen molar-refractivity contribution in [2.24, 2.45) is 0 Å². The SMILES string of the molecule is CC(c1cccc(OC(F)(F)C(F)F)c1)C(O)(NC1CCCC(OC2CCCC2)C1)C(F)(F)F. The van der Waals surface area contributed by atoms with Crippen LogP contribution in [-0.4, -0.2) is 47.8 Å². The van der Waals surface area contributed by atoms with Gasteiger partial charge < -0.3 is 14.6 Å². The molecule has 4 atom stereocenters. The quantitative estimate of drug-likeness (QED) is 0.315. The Morgan fingerprint density at radius 3 is 2.24 bits per heavy atom. The van der Waals surface area contributed by atoms with Crippen molar-refractivity contribution in [1.29, 1.82) is 0 Å². The third kappa shape index (κ3) is 6.34. The zero-order valence-corrected chi connectivity index (χ0v) is 18.8. The predicted molar refractivity (Wildman–Crippen MR) is 110 cm³/mol. The second-order valence-electron chi connectivity index (χ2n) is 9.20. The number of nitrogens with one attached hydrogen (secondary N) is 1. The summed E-state index contributed by atoms with van der Waals surface area (Å²) >= 11 is 0. The first-order valence-electron chi connectivity index (χ1n) is 11.5. The maximum absolute atomic E-state index is 14.1. The fourth-order valence-electron chi connectivity index (χ4n) is 4.75. The van der Waals surface area contributed by atoms with E-state index in [2.05, 4.69) is 10.1 Å². The summed E-state index contributed by atoms with van der Waals surface area (Å²) < 4.78 is 104. The van der Waals surface area contributed by atoms with Crippen molar-refractivity contribution in [3.05, 3.63) is 29.8 Å². The summed E-state index contributed by atoms with van der Waals surface area (Å²) in [5, 5.41) is 13.2. The molecule has 4 nitrogen and oxygen atoms in total. The molecule has 2 N–H and O–H groups in total. The summed E-state index contributed by atoms with van der Waals surface area (Å²) in [4.78, 5) is 0. The molecule has 0 heterocycles. The number of aliphatic hydroxyl groups is 1. The van der Waals surface area contributed by atoms with Gasteiger partial charge in [0.05, 0.1) is 12.2 Å². The van der Waals surface area contributed by atoms with Gasteiger partial charge in [0.25, 0.3) is 0 Å². The predicted octanol–water partition coefficient (Wildman–Crippen LogP) is 6.14. The molecule has 1 aromatic carbocycles. The van der Waals surface area contributed by atoms with Gasteiger partial charge in [-0.15, -0.1) is 0 Å². The highest BCUT2D eigenvalue weighted by atomic mass is 19.4. The van der Waals surface area contributed by atoms with Gasteiger partial charge in [0.1, 0.15) is 5.75 Å². The maximum Gasteiger partial charge on any atom is 0.461 e. The van der Waals surface area contributed by atoms with E-state index in [0.717, 1.165) is 57.2 Å². The molecule has 1 aromatic rings. The minimum atomic E-state index is -5.12. The third-order valence-electron chi connectivity index (χ3n) is 6.66. The van der Waals surface area contributed by atoms with E-state index in [4.69, 9.17) is 4.74 Å². The van der Waals surface area contributed by atoms with Gasteiger partial charge in [-0.25, -0.2) is 0 Å². The number of alkyl halides is 7. The highest BCUT2D eigenvalue weighted by molar-refractivity contribution is 5.33. The van der Waals surface area contributed by atoms with Crippen molar-refractivity contribution < 1.29 is 45.3 Å². The zero-order valence-electron chi connectivity index (χ0n) is 18.8. The molecule has 0 radical (unpaired) electrons. The lowest BCUT2D eigenvalue weighted by molar-refractivity contribution is -0.284. The van der Waals surface area contributed by atoms with Crippen molar-refractivity contribution in [2.75, 3.05) is 0 Å². The number of ether oxygens (including phenoxy) is 2. The fraction of sp³-hybridized carbons (Fsp3) is 0.739. The molecule has 4 unspecified atom stereocenters. The summed E-state index contributed by atoms with van der Waals surface area (Å²) in [7, 11) is 0. The van der Waals surface area contributed by atoms with Crippen molar-refractivity contribution in [3.8, 4) is 5.75 Å². The molecular weight excluding hydrogens is 471 g/mol. The Bertz CT molecular complexity index is 801. The first-order chi connectivity index (χ1) is 15.8. The normalized spacial score (nSPS) is 25.4. The topological polar surface area (TPSA) is 50.7 Å². The van der Waals surface area contributed by atoms with Crippen LogP contribution >= 0.6 is 0 Å². The van der Waals surface area contributed by atoms with Crippen LogP contribution in [0.5, 0.6) is 5.75 Å². The molecule has 2 saturated carbocycles. The number of benzene rings is 1. The summed E-state index contributed by atoms with van der Waals surface area (Å²) in [6.07, 6.45) is -8.09. The van der Waals surface area contributed by atoms with Gasteiger partial charge in [-0.2, -0.15) is 30.7 Å². The minimum Gasteiger partial charge on any atom is -0.428 e. The molecule has 34 heavy (non-hydrogen) atoms. The average molecular weight is 501 g/mol. The molecular formula is C23H30F7NO3. The second-order valence-corrected chi connectivity index (χ2v) is 9.20. The number of halogens is 7. The van der Waals surface area contributed by atoms with Crippen LogP contribution in [0, 0.1) is 0 Å². The van der Waals surface area contributed by atoms with Gasteiger partial charge >= 0.3 is 18.7 Å².